The second-order valence-electron chi connectivity index (χ2n) is 7.20. The van der Waals surface area contributed by atoms with E-state index in [1.807, 2.05) is 67.2 Å². The van der Waals surface area contributed by atoms with Crippen molar-refractivity contribution in [2.45, 2.75) is 26.2 Å². The first-order valence-electron chi connectivity index (χ1n) is 8.46. The number of amides is 2. The van der Waals surface area contributed by atoms with Crippen LogP contribution in [0.5, 0.6) is 0 Å². The van der Waals surface area contributed by atoms with Crippen molar-refractivity contribution in [1.82, 2.24) is 14.5 Å². The molecule has 0 spiro atoms. The number of thiazole rings is 1. The van der Waals surface area contributed by atoms with E-state index >= 15 is 0 Å². The number of carbonyl (C=O) groups excluding carboxylic acids is 1. The number of hydrogen-bond acceptors (Lipinski definition) is 5. The van der Waals surface area contributed by atoms with Gasteiger partial charge in [-0.05, 0) is 12.1 Å². The molecule has 2 N–H and O–H groups in total. The Bertz CT molecular complexity index is 1060. The fraction of sp³-hybridized carbons (Fsp3) is 0.211. The average molecular weight is 381 g/mol. The number of benzene rings is 1. The van der Waals surface area contributed by atoms with Crippen LogP contribution in [0.4, 0.5) is 16.3 Å². The standard InChI is InChI=1S/C19H19N5O2S/c1-19(2,3)15-10-16(23-26-15)22-17(25)20-13-6-4-12(5-7-13)14-11-24-8-9-27-18(24)21-14/h4-11H,1-3H3,(H2,20,22,23,25). The maximum Gasteiger partial charge on any atom is 0.324 e. The van der Waals surface area contributed by atoms with E-state index in [1.54, 1.807) is 17.4 Å². The highest BCUT2D eigenvalue weighted by molar-refractivity contribution is 7.15. The summed E-state index contributed by atoms with van der Waals surface area (Å²) in [5.74, 6) is 1.09. The fourth-order valence-electron chi connectivity index (χ4n) is 2.56. The van der Waals surface area contributed by atoms with Gasteiger partial charge in [-0.15, -0.1) is 11.3 Å². The third-order valence-electron chi connectivity index (χ3n) is 4.02. The number of fused-ring (bicyclic) bond motifs is 1. The van der Waals surface area contributed by atoms with E-state index in [2.05, 4.69) is 20.8 Å². The predicted molar refractivity (Wildman–Crippen MR) is 106 cm³/mol. The maximum atomic E-state index is 12.2. The Morgan fingerprint density at radius 3 is 2.63 bits per heavy atom. The molecule has 0 aliphatic heterocycles. The Balaban J connectivity index is 1.41. The monoisotopic (exact) mass is 381 g/mol. The van der Waals surface area contributed by atoms with Crippen LogP contribution in [0.15, 0.2) is 52.6 Å². The first-order valence-corrected chi connectivity index (χ1v) is 9.34. The second kappa shape index (κ2) is 6.55. The molecular formula is C19H19N5O2S. The lowest BCUT2D eigenvalue weighted by molar-refractivity contribution is 0.262. The first-order chi connectivity index (χ1) is 12.9. The molecule has 0 fully saturated rings. The molecular weight excluding hydrogens is 362 g/mol. The number of aromatic nitrogens is 3. The lowest BCUT2D eigenvalue weighted by Gasteiger charge is -2.12. The second-order valence-corrected chi connectivity index (χ2v) is 8.07. The summed E-state index contributed by atoms with van der Waals surface area (Å²) in [6, 6.07) is 8.88. The summed E-state index contributed by atoms with van der Waals surface area (Å²) in [6.07, 6.45) is 3.96. The molecule has 8 heteroatoms. The molecule has 0 unspecified atom stereocenters. The van der Waals surface area contributed by atoms with Crippen molar-refractivity contribution in [3.63, 3.8) is 0 Å². The Kier molecular flexibility index (Phi) is 4.19. The molecule has 4 rings (SSSR count). The number of anilines is 2. The van der Waals surface area contributed by atoms with E-state index in [9.17, 15) is 4.79 Å². The van der Waals surface area contributed by atoms with E-state index < -0.39 is 0 Å². The average Bonchev–Trinajstić information content (AvgIpc) is 3.30. The minimum atomic E-state index is -0.376. The lowest BCUT2D eigenvalue weighted by Crippen LogP contribution is -2.19. The lowest BCUT2D eigenvalue weighted by atomic mass is 9.93. The summed E-state index contributed by atoms with van der Waals surface area (Å²) in [4.78, 5) is 17.7. The molecule has 0 atom stereocenters. The number of nitrogens with zero attached hydrogens (tertiary/aromatic N) is 3. The summed E-state index contributed by atoms with van der Waals surface area (Å²) in [5.41, 5.74) is 2.40. The molecule has 7 nitrogen and oxygen atoms in total. The maximum absolute atomic E-state index is 12.2. The van der Waals surface area contributed by atoms with Crippen molar-refractivity contribution in [2.75, 3.05) is 10.6 Å². The molecule has 3 aromatic heterocycles. The molecule has 0 saturated heterocycles. The first kappa shape index (κ1) is 17.3. The van der Waals surface area contributed by atoms with Gasteiger partial charge in [-0.2, -0.15) is 0 Å². The van der Waals surface area contributed by atoms with Crippen LogP contribution in [0.3, 0.4) is 0 Å². The van der Waals surface area contributed by atoms with Crippen LogP contribution in [0.25, 0.3) is 16.2 Å². The molecule has 3 heterocycles. The molecule has 0 bridgehead atoms. The summed E-state index contributed by atoms with van der Waals surface area (Å²) in [6.45, 7) is 6.05. The molecule has 138 valence electrons. The van der Waals surface area contributed by atoms with Gasteiger partial charge >= 0.3 is 6.03 Å². The topological polar surface area (TPSA) is 84.5 Å². The Morgan fingerprint density at radius 2 is 1.96 bits per heavy atom. The summed E-state index contributed by atoms with van der Waals surface area (Å²) in [5, 5.41) is 11.3. The van der Waals surface area contributed by atoms with Crippen molar-refractivity contribution >= 4 is 33.8 Å². The Morgan fingerprint density at radius 1 is 1.19 bits per heavy atom. The van der Waals surface area contributed by atoms with Crippen LogP contribution in [0.1, 0.15) is 26.5 Å². The zero-order valence-electron chi connectivity index (χ0n) is 15.2. The van der Waals surface area contributed by atoms with Gasteiger partial charge in [0.05, 0.1) is 5.69 Å². The normalized spacial score (nSPS) is 11.7. The highest BCUT2D eigenvalue weighted by Crippen LogP contribution is 2.25. The van der Waals surface area contributed by atoms with Crippen molar-refractivity contribution in [3.8, 4) is 11.3 Å². The van der Waals surface area contributed by atoms with Crippen LogP contribution in [-0.2, 0) is 5.41 Å². The molecule has 0 saturated carbocycles. The smallest absolute Gasteiger partial charge is 0.324 e. The van der Waals surface area contributed by atoms with Crippen LogP contribution in [-0.4, -0.2) is 20.6 Å². The SMILES string of the molecule is CC(C)(C)c1cc(NC(=O)Nc2ccc(-c3cn4ccsc4n3)cc2)no1. The molecule has 0 aliphatic rings. The van der Waals surface area contributed by atoms with Gasteiger partial charge < -0.3 is 9.84 Å². The summed E-state index contributed by atoms with van der Waals surface area (Å²) in [7, 11) is 0. The number of rotatable bonds is 3. The highest BCUT2D eigenvalue weighted by Gasteiger charge is 2.20. The highest BCUT2D eigenvalue weighted by atomic mass is 32.1. The van der Waals surface area contributed by atoms with Crippen LogP contribution in [0, 0.1) is 0 Å². The number of imidazole rings is 1. The minimum absolute atomic E-state index is 0.166. The van der Waals surface area contributed by atoms with Gasteiger partial charge in [-0.1, -0.05) is 38.1 Å². The Labute approximate surface area is 160 Å². The van der Waals surface area contributed by atoms with E-state index in [0.29, 0.717) is 17.3 Å². The van der Waals surface area contributed by atoms with E-state index in [1.165, 1.54) is 0 Å². The third-order valence-corrected chi connectivity index (χ3v) is 4.79. The third kappa shape index (κ3) is 3.70. The van der Waals surface area contributed by atoms with Crippen molar-refractivity contribution in [3.05, 3.63) is 53.9 Å². The number of urea groups is 1. The van der Waals surface area contributed by atoms with Crippen LogP contribution < -0.4 is 10.6 Å². The largest absolute Gasteiger partial charge is 0.359 e. The fourth-order valence-corrected chi connectivity index (χ4v) is 3.26. The predicted octanol–water partition coefficient (Wildman–Crippen LogP) is 4.99. The molecule has 4 aromatic rings. The van der Waals surface area contributed by atoms with Crippen LogP contribution in [0.2, 0.25) is 0 Å². The van der Waals surface area contributed by atoms with Gasteiger partial charge in [0.15, 0.2) is 10.8 Å². The number of carbonyl (C=O) groups is 1. The molecule has 0 aliphatic carbocycles. The quantitative estimate of drug-likeness (QED) is 0.523. The zero-order valence-corrected chi connectivity index (χ0v) is 16.0. The number of hydrogen-bond donors (Lipinski definition) is 2. The Hall–Kier alpha value is -3.13. The van der Waals surface area contributed by atoms with Gasteiger partial charge in [0, 0.05) is 40.5 Å². The van der Waals surface area contributed by atoms with Crippen molar-refractivity contribution in [2.24, 2.45) is 0 Å². The van der Waals surface area contributed by atoms with Gasteiger partial charge in [-0.3, -0.25) is 9.72 Å². The zero-order chi connectivity index (χ0) is 19.0. The number of nitrogens with one attached hydrogen (secondary N) is 2. The summed E-state index contributed by atoms with van der Waals surface area (Å²) >= 11 is 1.59. The molecule has 2 amide bonds. The van der Waals surface area contributed by atoms with Gasteiger partial charge in [-0.25, -0.2) is 9.78 Å². The minimum Gasteiger partial charge on any atom is -0.359 e. The van der Waals surface area contributed by atoms with Crippen molar-refractivity contribution in [1.29, 1.82) is 0 Å². The molecule has 27 heavy (non-hydrogen) atoms. The van der Waals surface area contributed by atoms with E-state index in [-0.39, 0.29) is 11.4 Å². The van der Waals surface area contributed by atoms with E-state index in [4.69, 9.17) is 4.52 Å². The molecule has 1 aromatic carbocycles. The van der Waals surface area contributed by atoms with Crippen molar-refractivity contribution < 1.29 is 9.32 Å². The van der Waals surface area contributed by atoms with E-state index in [0.717, 1.165) is 16.2 Å². The van der Waals surface area contributed by atoms with Gasteiger partial charge in [0.1, 0.15) is 5.76 Å². The van der Waals surface area contributed by atoms with Gasteiger partial charge in [0.2, 0.25) is 0 Å². The van der Waals surface area contributed by atoms with Crippen LogP contribution >= 0.6 is 11.3 Å². The van der Waals surface area contributed by atoms with Gasteiger partial charge in [0.25, 0.3) is 0 Å². The molecule has 0 radical (unpaired) electrons. The summed E-state index contributed by atoms with van der Waals surface area (Å²) < 4.78 is 7.25.